The molecular formula is C22H17N5O3S. The van der Waals surface area contributed by atoms with E-state index in [4.69, 9.17) is 9.84 Å². The number of thiazole rings is 1. The Kier molecular flexibility index (Phi) is 4.59. The van der Waals surface area contributed by atoms with Gasteiger partial charge in [-0.05, 0) is 38.1 Å². The summed E-state index contributed by atoms with van der Waals surface area (Å²) in [7, 11) is 0. The van der Waals surface area contributed by atoms with E-state index in [1.165, 1.54) is 21.8 Å². The molecule has 154 valence electrons. The number of nitrogens with zero attached hydrogens (tertiary/aromatic N) is 5. The minimum Gasteiger partial charge on any atom is -0.461 e. The van der Waals surface area contributed by atoms with Gasteiger partial charge in [0.05, 0.1) is 12.3 Å². The lowest BCUT2D eigenvalue weighted by Gasteiger charge is -2.05. The molecule has 4 aromatic heterocycles. The predicted octanol–water partition coefficient (Wildman–Crippen LogP) is 3.64. The zero-order valence-corrected chi connectivity index (χ0v) is 17.6. The summed E-state index contributed by atoms with van der Waals surface area (Å²) in [4.78, 5) is 34.2. The van der Waals surface area contributed by atoms with Crippen LogP contribution in [-0.2, 0) is 4.74 Å². The third-order valence-corrected chi connectivity index (χ3v) is 5.85. The maximum atomic E-state index is 13.0. The molecule has 0 aliphatic carbocycles. The van der Waals surface area contributed by atoms with Gasteiger partial charge in [-0.3, -0.25) is 9.78 Å². The normalized spacial score (nSPS) is 11.3. The molecule has 0 aliphatic rings. The van der Waals surface area contributed by atoms with Crippen LogP contribution >= 0.6 is 11.3 Å². The van der Waals surface area contributed by atoms with Gasteiger partial charge in [-0.25, -0.2) is 18.9 Å². The minimum absolute atomic E-state index is 0.00599. The van der Waals surface area contributed by atoms with Crippen molar-refractivity contribution in [2.45, 2.75) is 13.8 Å². The van der Waals surface area contributed by atoms with E-state index in [-0.39, 0.29) is 17.9 Å². The van der Waals surface area contributed by atoms with E-state index in [2.05, 4.69) is 9.97 Å². The van der Waals surface area contributed by atoms with Crippen molar-refractivity contribution < 1.29 is 9.53 Å². The molecule has 0 saturated carbocycles. The summed E-state index contributed by atoms with van der Waals surface area (Å²) >= 11 is 1.30. The van der Waals surface area contributed by atoms with Crippen LogP contribution < -0.4 is 5.56 Å². The molecule has 0 radical (unpaired) electrons. The maximum absolute atomic E-state index is 13.0. The van der Waals surface area contributed by atoms with E-state index in [0.717, 1.165) is 21.5 Å². The van der Waals surface area contributed by atoms with Gasteiger partial charge in [0.15, 0.2) is 16.3 Å². The molecule has 0 fully saturated rings. The monoisotopic (exact) mass is 431 g/mol. The van der Waals surface area contributed by atoms with Crippen molar-refractivity contribution in [3.8, 4) is 16.9 Å². The quantitative estimate of drug-likeness (QED) is 0.404. The molecule has 31 heavy (non-hydrogen) atoms. The highest BCUT2D eigenvalue weighted by Crippen LogP contribution is 2.35. The van der Waals surface area contributed by atoms with Crippen molar-refractivity contribution in [2.24, 2.45) is 0 Å². The van der Waals surface area contributed by atoms with Crippen LogP contribution in [0.25, 0.3) is 32.3 Å². The van der Waals surface area contributed by atoms with Crippen molar-refractivity contribution in [1.82, 2.24) is 24.1 Å². The molecule has 0 unspecified atom stereocenters. The molecule has 0 bridgehead atoms. The average molecular weight is 431 g/mol. The Labute approximate surface area is 180 Å². The Morgan fingerprint density at radius 1 is 1.19 bits per heavy atom. The highest BCUT2D eigenvalue weighted by molar-refractivity contribution is 7.24. The van der Waals surface area contributed by atoms with Crippen LogP contribution in [-0.4, -0.2) is 36.7 Å². The van der Waals surface area contributed by atoms with Crippen molar-refractivity contribution >= 4 is 32.6 Å². The van der Waals surface area contributed by atoms with Crippen LogP contribution in [0, 0.1) is 6.92 Å². The maximum Gasteiger partial charge on any atom is 0.357 e. The minimum atomic E-state index is -0.618. The number of hydrogen-bond acceptors (Lipinski definition) is 7. The smallest absolute Gasteiger partial charge is 0.357 e. The van der Waals surface area contributed by atoms with Crippen molar-refractivity contribution in [3.63, 3.8) is 0 Å². The zero-order chi connectivity index (χ0) is 21.5. The highest BCUT2D eigenvalue weighted by Gasteiger charge is 2.22. The fourth-order valence-corrected chi connectivity index (χ4v) is 4.49. The molecule has 0 amide bonds. The van der Waals surface area contributed by atoms with Crippen LogP contribution in [0.2, 0.25) is 0 Å². The number of aromatic nitrogens is 5. The summed E-state index contributed by atoms with van der Waals surface area (Å²) in [5.74, 6) is -0.618. The van der Waals surface area contributed by atoms with Crippen molar-refractivity contribution in [2.75, 3.05) is 6.61 Å². The predicted molar refractivity (Wildman–Crippen MR) is 118 cm³/mol. The molecule has 8 nitrogen and oxygen atoms in total. The third-order valence-electron chi connectivity index (χ3n) is 4.81. The lowest BCUT2D eigenvalue weighted by molar-refractivity contribution is 0.0519. The van der Waals surface area contributed by atoms with E-state index >= 15 is 0 Å². The largest absolute Gasteiger partial charge is 0.461 e. The molecular weight excluding hydrogens is 414 g/mol. The number of hydrogen-bond donors (Lipinski definition) is 0. The first kappa shape index (κ1) is 19.1. The van der Waals surface area contributed by atoms with Gasteiger partial charge in [0, 0.05) is 24.0 Å². The van der Waals surface area contributed by atoms with Gasteiger partial charge in [0.1, 0.15) is 10.4 Å². The molecule has 1 aromatic carbocycles. The fraction of sp³-hybridized carbons (Fsp3) is 0.136. The highest BCUT2D eigenvalue weighted by atomic mass is 32.1. The Bertz CT molecular complexity index is 1480. The van der Waals surface area contributed by atoms with Gasteiger partial charge in [-0.1, -0.05) is 29.0 Å². The van der Waals surface area contributed by atoms with Crippen LogP contribution in [0.5, 0.6) is 0 Å². The zero-order valence-electron chi connectivity index (χ0n) is 16.8. The van der Waals surface area contributed by atoms with Gasteiger partial charge in [-0.15, -0.1) is 0 Å². The Hall–Kier alpha value is -3.85. The molecule has 5 rings (SSSR count). The average Bonchev–Trinajstić information content (AvgIpc) is 3.32. The second-order valence-corrected chi connectivity index (χ2v) is 7.89. The Morgan fingerprint density at radius 3 is 2.71 bits per heavy atom. The first-order chi connectivity index (χ1) is 15.1. The van der Waals surface area contributed by atoms with E-state index in [0.29, 0.717) is 16.3 Å². The van der Waals surface area contributed by atoms with Crippen LogP contribution in [0.1, 0.15) is 23.0 Å². The van der Waals surface area contributed by atoms with Gasteiger partial charge >= 0.3 is 5.97 Å². The van der Waals surface area contributed by atoms with Gasteiger partial charge in [0.2, 0.25) is 0 Å². The number of ether oxygens (including phenoxy) is 1. The number of pyridine rings is 1. The summed E-state index contributed by atoms with van der Waals surface area (Å²) in [6.45, 7) is 3.92. The molecule has 0 atom stereocenters. The molecule has 4 heterocycles. The van der Waals surface area contributed by atoms with Gasteiger partial charge in [0.25, 0.3) is 5.56 Å². The number of carbonyl (C=O) groups excluding carboxylic acids is 1. The van der Waals surface area contributed by atoms with Crippen molar-refractivity contribution in [1.29, 1.82) is 0 Å². The fourth-order valence-electron chi connectivity index (χ4n) is 3.37. The number of benzene rings is 1. The molecule has 9 heteroatoms. The van der Waals surface area contributed by atoms with Crippen LogP contribution in [0.3, 0.4) is 0 Å². The second kappa shape index (κ2) is 7.44. The van der Waals surface area contributed by atoms with E-state index in [1.54, 1.807) is 24.0 Å². The topological polar surface area (TPSA) is 91.4 Å². The summed E-state index contributed by atoms with van der Waals surface area (Å²) in [5.41, 5.74) is 3.66. The lowest BCUT2D eigenvalue weighted by atomic mass is 10.2. The van der Waals surface area contributed by atoms with Crippen molar-refractivity contribution in [3.05, 3.63) is 76.5 Å². The van der Waals surface area contributed by atoms with E-state index in [9.17, 15) is 9.59 Å². The first-order valence-corrected chi connectivity index (χ1v) is 10.5. The second-order valence-electron chi connectivity index (χ2n) is 6.91. The summed E-state index contributed by atoms with van der Waals surface area (Å²) in [6.07, 6.45) is 3.42. The third kappa shape index (κ3) is 3.19. The molecule has 0 saturated heterocycles. The lowest BCUT2D eigenvalue weighted by Crippen LogP contribution is -2.18. The summed E-state index contributed by atoms with van der Waals surface area (Å²) in [5, 5.41) is 4.81. The molecule has 0 spiro atoms. The number of fused-ring (bicyclic) bond motifs is 3. The standard InChI is InChI=1S/C22H17N5O3S/c1-3-30-21(29)16-11-17(28)26-20-19(31-22(26)24-16)18(14-5-4-10-23-12-14)25-27(20)15-8-6-13(2)7-9-15/h4-12H,3H2,1-2H3. The molecule has 5 aromatic rings. The number of carbonyl (C=O) groups is 1. The number of esters is 1. The Balaban J connectivity index is 1.85. The number of rotatable bonds is 4. The summed E-state index contributed by atoms with van der Waals surface area (Å²) < 4.78 is 9.00. The number of aryl methyl sites for hydroxylation is 1. The molecule has 0 aliphatic heterocycles. The SMILES string of the molecule is CCOC(=O)c1cc(=O)n2c(n1)sc1c(-c3cccnc3)nn(-c3ccc(C)cc3)c12. The summed E-state index contributed by atoms with van der Waals surface area (Å²) in [6, 6.07) is 12.8. The van der Waals surface area contributed by atoms with E-state index in [1.807, 2.05) is 43.3 Å². The van der Waals surface area contributed by atoms with Crippen LogP contribution in [0.4, 0.5) is 0 Å². The molecule has 0 N–H and O–H groups in total. The van der Waals surface area contributed by atoms with E-state index < -0.39 is 5.97 Å². The van der Waals surface area contributed by atoms with Crippen LogP contribution in [0.15, 0.2) is 59.7 Å². The van der Waals surface area contributed by atoms with Gasteiger partial charge in [-0.2, -0.15) is 5.10 Å². The Morgan fingerprint density at radius 2 is 2.00 bits per heavy atom. The first-order valence-electron chi connectivity index (χ1n) is 9.66. The van der Waals surface area contributed by atoms with Gasteiger partial charge < -0.3 is 4.74 Å².